The molecule has 0 saturated carbocycles. The predicted molar refractivity (Wildman–Crippen MR) is 102 cm³/mol. The minimum atomic E-state index is -0.233. The van der Waals surface area contributed by atoms with Crippen LogP contribution in [0.1, 0.15) is 15.9 Å². The van der Waals surface area contributed by atoms with Gasteiger partial charge in [-0.05, 0) is 30.7 Å². The lowest BCUT2D eigenvalue weighted by Gasteiger charge is -2.13. The van der Waals surface area contributed by atoms with E-state index in [4.69, 9.17) is 5.73 Å². The van der Waals surface area contributed by atoms with Crippen LogP contribution in [0.2, 0.25) is 0 Å². The molecule has 0 bridgehead atoms. The number of H-pyrrole nitrogens is 1. The Labute approximate surface area is 146 Å². The fourth-order valence-corrected chi connectivity index (χ4v) is 2.56. The molecule has 25 heavy (non-hydrogen) atoms. The summed E-state index contributed by atoms with van der Waals surface area (Å²) in [5, 5.41) is 9.73. The smallest absolute Gasteiger partial charge is 0.256 e. The van der Waals surface area contributed by atoms with E-state index in [-0.39, 0.29) is 5.91 Å². The molecular formula is C19H21N5O. The van der Waals surface area contributed by atoms with Crippen LogP contribution in [-0.2, 0) is 0 Å². The van der Waals surface area contributed by atoms with Crippen LogP contribution in [0.4, 0.5) is 17.3 Å². The topological polar surface area (TPSA) is 87.0 Å². The fourth-order valence-electron chi connectivity index (χ4n) is 2.56. The molecule has 0 aliphatic heterocycles. The van der Waals surface area contributed by atoms with Crippen LogP contribution in [-0.4, -0.2) is 30.2 Å². The Morgan fingerprint density at radius 1 is 1.16 bits per heavy atom. The summed E-state index contributed by atoms with van der Waals surface area (Å²) in [6.07, 6.45) is 0. The fraction of sp³-hybridized carbons (Fsp3) is 0.158. The van der Waals surface area contributed by atoms with Gasteiger partial charge in [0.1, 0.15) is 5.82 Å². The molecule has 6 nitrogen and oxygen atoms in total. The highest BCUT2D eigenvalue weighted by molar-refractivity contribution is 6.06. The summed E-state index contributed by atoms with van der Waals surface area (Å²) in [7, 11) is 3.86. The Kier molecular flexibility index (Phi) is 4.43. The molecule has 3 aromatic rings. The quantitative estimate of drug-likeness (QED) is 0.683. The first-order chi connectivity index (χ1) is 12.0. The number of hydrogen-bond donors (Lipinski definition) is 3. The molecule has 0 spiro atoms. The zero-order valence-corrected chi connectivity index (χ0v) is 14.5. The molecule has 0 fully saturated rings. The maximum absolute atomic E-state index is 12.6. The lowest BCUT2D eigenvalue weighted by atomic mass is 10.1. The van der Waals surface area contributed by atoms with Crippen LogP contribution >= 0.6 is 0 Å². The second-order valence-electron chi connectivity index (χ2n) is 6.13. The molecule has 1 heterocycles. The van der Waals surface area contributed by atoms with Gasteiger partial charge >= 0.3 is 0 Å². The number of aromatic nitrogens is 2. The van der Waals surface area contributed by atoms with Gasteiger partial charge in [-0.1, -0.05) is 35.9 Å². The van der Waals surface area contributed by atoms with Gasteiger partial charge < -0.3 is 16.0 Å². The van der Waals surface area contributed by atoms with Crippen LogP contribution < -0.4 is 16.0 Å². The molecule has 0 aliphatic carbocycles. The number of aryl methyl sites for hydroxylation is 1. The number of benzene rings is 2. The van der Waals surface area contributed by atoms with Crippen molar-refractivity contribution in [3.63, 3.8) is 0 Å². The van der Waals surface area contributed by atoms with Gasteiger partial charge in [-0.3, -0.25) is 9.89 Å². The highest BCUT2D eigenvalue weighted by atomic mass is 16.1. The predicted octanol–water partition coefficient (Wildman–Crippen LogP) is 3.29. The van der Waals surface area contributed by atoms with Crippen molar-refractivity contribution in [3.05, 3.63) is 59.7 Å². The SMILES string of the molecule is Cc1ccc(-c2c(NC(=O)c3cccc(N(C)C)c3)n[nH]c2N)cc1. The van der Waals surface area contributed by atoms with E-state index in [1.165, 1.54) is 0 Å². The van der Waals surface area contributed by atoms with Crippen LogP contribution in [0, 0.1) is 6.92 Å². The molecule has 0 saturated heterocycles. The Morgan fingerprint density at radius 2 is 1.88 bits per heavy atom. The zero-order chi connectivity index (χ0) is 18.0. The van der Waals surface area contributed by atoms with Gasteiger partial charge in [0.15, 0.2) is 5.82 Å². The molecule has 6 heteroatoms. The van der Waals surface area contributed by atoms with Crippen LogP contribution in [0.5, 0.6) is 0 Å². The van der Waals surface area contributed by atoms with E-state index >= 15 is 0 Å². The molecule has 3 rings (SSSR count). The summed E-state index contributed by atoms with van der Waals surface area (Å²) < 4.78 is 0. The molecule has 0 aliphatic rings. The third-order valence-corrected chi connectivity index (χ3v) is 3.99. The first kappa shape index (κ1) is 16.6. The zero-order valence-electron chi connectivity index (χ0n) is 14.5. The number of amides is 1. The molecule has 2 aromatic carbocycles. The number of rotatable bonds is 4. The standard InChI is InChI=1S/C19H21N5O/c1-12-7-9-13(10-8-12)16-17(20)22-23-18(16)21-19(25)14-5-4-6-15(11-14)24(2)3/h4-11H,1-3H3,(H4,20,21,22,23,25). The number of carbonyl (C=O) groups excluding carboxylic acids is 1. The largest absolute Gasteiger partial charge is 0.383 e. The van der Waals surface area contributed by atoms with Gasteiger partial charge in [-0.2, -0.15) is 5.10 Å². The van der Waals surface area contributed by atoms with Gasteiger partial charge in [0.25, 0.3) is 5.91 Å². The van der Waals surface area contributed by atoms with E-state index in [9.17, 15) is 4.79 Å². The second kappa shape index (κ2) is 6.68. The van der Waals surface area contributed by atoms with Crippen molar-refractivity contribution in [3.8, 4) is 11.1 Å². The van der Waals surface area contributed by atoms with Gasteiger partial charge in [0.2, 0.25) is 0 Å². The van der Waals surface area contributed by atoms with E-state index in [1.807, 2.05) is 68.4 Å². The monoisotopic (exact) mass is 335 g/mol. The van der Waals surface area contributed by atoms with Crippen molar-refractivity contribution in [2.45, 2.75) is 6.92 Å². The minimum absolute atomic E-state index is 0.233. The number of carbonyl (C=O) groups is 1. The third kappa shape index (κ3) is 3.47. The molecule has 1 amide bonds. The van der Waals surface area contributed by atoms with Crippen LogP contribution in [0.15, 0.2) is 48.5 Å². The van der Waals surface area contributed by atoms with Crippen molar-refractivity contribution in [1.29, 1.82) is 0 Å². The van der Waals surface area contributed by atoms with Crippen LogP contribution in [0.3, 0.4) is 0 Å². The summed E-state index contributed by atoms with van der Waals surface area (Å²) in [5.74, 6) is 0.603. The van der Waals surface area contributed by atoms with Crippen molar-refractivity contribution >= 4 is 23.2 Å². The number of nitrogens with two attached hydrogens (primary N) is 1. The summed E-state index contributed by atoms with van der Waals surface area (Å²) in [5.41, 5.74) is 10.3. The van der Waals surface area contributed by atoms with Gasteiger partial charge in [0.05, 0.1) is 5.56 Å². The Bertz CT molecular complexity index is 896. The van der Waals surface area contributed by atoms with Gasteiger partial charge in [0, 0.05) is 25.3 Å². The molecule has 4 N–H and O–H groups in total. The molecular weight excluding hydrogens is 314 g/mol. The summed E-state index contributed by atoms with van der Waals surface area (Å²) in [6, 6.07) is 15.3. The van der Waals surface area contributed by atoms with E-state index < -0.39 is 0 Å². The minimum Gasteiger partial charge on any atom is -0.383 e. The first-order valence-corrected chi connectivity index (χ1v) is 7.95. The number of anilines is 3. The molecule has 128 valence electrons. The number of nitrogen functional groups attached to an aromatic ring is 1. The number of nitrogens with zero attached hydrogens (tertiary/aromatic N) is 2. The number of hydrogen-bond acceptors (Lipinski definition) is 4. The first-order valence-electron chi connectivity index (χ1n) is 7.95. The summed E-state index contributed by atoms with van der Waals surface area (Å²) in [4.78, 5) is 14.6. The highest BCUT2D eigenvalue weighted by Crippen LogP contribution is 2.32. The number of aromatic amines is 1. The normalized spacial score (nSPS) is 10.5. The average Bonchev–Trinajstić information content (AvgIpc) is 2.96. The van der Waals surface area contributed by atoms with Crippen molar-refractivity contribution in [2.24, 2.45) is 0 Å². The molecule has 0 radical (unpaired) electrons. The van der Waals surface area contributed by atoms with E-state index in [1.54, 1.807) is 6.07 Å². The maximum Gasteiger partial charge on any atom is 0.256 e. The summed E-state index contributed by atoms with van der Waals surface area (Å²) >= 11 is 0. The van der Waals surface area contributed by atoms with E-state index in [0.717, 1.165) is 16.8 Å². The second-order valence-corrected chi connectivity index (χ2v) is 6.13. The van der Waals surface area contributed by atoms with E-state index in [2.05, 4.69) is 15.5 Å². The van der Waals surface area contributed by atoms with E-state index in [0.29, 0.717) is 22.8 Å². The van der Waals surface area contributed by atoms with Crippen molar-refractivity contribution in [1.82, 2.24) is 10.2 Å². The molecule has 1 aromatic heterocycles. The lowest BCUT2D eigenvalue weighted by molar-refractivity contribution is 0.102. The van der Waals surface area contributed by atoms with Crippen LogP contribution in [0.25, 0.3) is 11.1 Å². The Hall–Kier alpha value is -3.28. The van der Waals surface area contributed by atoms with Crippen molar-refractivity contribution < 1.29 is 4.79 Å². The van der Waals surface area contributed by atoms with Crippen molar-refractivity contribution in [2.75, 3.05) is 30.0 Å². The Balaban J connectivity index is 1.90. The number of nitrogens with one attached hydrogen (secondary N) is 2. The summed E-state index contributed by atoms with van der Waals surface area (Å²) in [6.45, 7) is 2.02. The van der Waals surface area contributed by atoms with Gasteiger partial charge in [-0.25, -0.2) is 0 Å². The maximum atomic E-state index is 12.6. The third-order valence-electron chi connectivity index (χ3n) is 3.99. The molecule has 0 unspecified atom stereocenters. The highest BCUT2D eigenvalue weighted by Gasteiger charge is 2.16. The average molecular weight is 335 g/mol. The van der Waals surface area contributed by atoms with Gasteiger partial charge in [-0.15, -0.1) is 0 Å². The molecule has 0 atom stereocenters. The lowest BCUT2D eigenvalue weighted by Crippen LogP contribution is -2.15. The Morgan fingerprint density at radius 3 is 2.56 bits per heavy atom.